The number of carbonyl (C=O) groups excluding carboxylic acids is 2. The Kier molecular flexibility index (Phi) is 6.74. The topological polar surface area (TPSA) is 61.4 Å². The Morgan fingerprint density at radius 1 is 1.43 bits per heavy atom. The molecule has 0 heterocycles. The molecule has 2 N–H and O–H groups in total. The molecule has 0 saturated heterocycles. The molecule has 0 unspecified atom stereocenters. The van der Waals surface area contributed by atoms with Crippen LogP contribution < -0.4 is 10.6 Å². The van der Waals surface area contributed by atoms with Gasteiger partial charge in [-0.3, -0.25) is 9.59 Å². The number of nitrogens with one attached hydrogen (secondary N) is 2. The van der Waals surface area contributed by atoms with E-state index < -0.39 is 0 Å². The van der Waals surface area contributed by atoms with E-state index in [0.717, 1.165) is 0 Å². The molecule has 5 heteroatoms. The van der Waals surface area contributed by atoms with Gasteiger partial charge in [0.1, 0.15) is 0 Å². The second kappa shape index (κ2) is 7.32. The number of hydrogen-bond donors (Lipinski definition) is 2. The minimum absolute atomic E-state index is 0.0520. The van der Waals surface area contributed by atoms with Crippen molar-refractivity contribution in [3.63, 3.8) is 0 Å². The molecule has 2 amide bonds. The molecule has 2 radical (unpaired) electrons. The first-order valence-electron chi connectivity index (χ1n) is 4.57. The summed E-state index contributed by atoms with van der Waals surface area (Å²) in [6, 6.07) is 0. The zero-order chi connectivity index (χ0) is 11.0. The lowest BCUT2D eigenvalue weighted by molar-refractivity contribution is -0.135. The molecule has 0 spiro atoms. The Morgan fingerprint density at radius 2 is 2.07 bits per heavy atom. The summed E-state index contributed by atoms with van der Waals surface area (Å²) in [5, 5.41) is 4.91. The smallest absolute Gasteiger partial charge is 0.239 e. The van der Waals surface area contributed by atoms with Crippen LogP contribution in [0, 0.1) is 7.05 Å². The van der Waals surface area contributed by atoms with E-state index in [2.05, 4.69) is 10.6 Å². The standard InChI is InChI=1S/C9H17N3O2/c1-4-9(14)12(6-5-10-2)7-8(13)11-3/h2,10H,4-7H2,1,3H3,(H,11,13). The van der Waals surface area contributed by atoms with Gasteiger partial charge in [0.15, 0.2) is 0 Å². The SMILES string of the molecule is [CH]NCCN(CC(=O)NC)C(=O)CC. The molecule has 80 valence electrons. The first-order valence-corrected chi connectivity index (χ1v) is 4.57. The van der Waals surface area contributed by atoms with Crippen molar-refractivity contribution in [3.8, 4) is 0 Å². The molecular formula is C9H17N3O2. The van der Waals surface area contributed by atoms with E-state index in [1.807, 2.05) is 0 Å². The average molecular weight is 199 g/mol. The van der Waals surface area contributed by atoms with Gasteiger partial charge in [-0.05, 0) is 0 Å². The van der Waals surface area contributed by atoms with Crippen molar-refractivity contribution >= 4 is 11.8 Å². The summed E-state index contributed by atoms with van der Waals surface area (Å²) >= 11 is 0. The van der Waals surface area contributed by atoms with Crippen molar-refractivity contribution in [2.45, 2.75) is 13.3 Å². The van der Waals surface area contributed by atoms with Crippen LogP contribution in [-0.2, 0) is 9.59 Å². The van der Waals surface area contributed by atoms with Gasteiger partial charge in [-0.15, -0.1) is 0 Å². The molecule has 0 aliphatic heterocycles. The Labute approximate surface area is 84.8 Å². The van der Waals surface area contributed by atoms with Crippen molar-refractivity contribution in [3.05, 3.63) is 7.05 Å². The van der Waals surface area contributed by atoms with Crippen molar-refractivity contribution in [1.29, 1.82) is 0 Å². The van der Waals surface area contributed by atoms with E-state index in [1.54, 1.807) is 6.92 Å². The lowest BCUT2D eigenvalue weighted by Crippen LogP contribution is -2.42. The zero-order valence-electron chi connectivity index (χ0n) is 8.67. The van der Waals surface area contributed by atoms with Gasteiger partial charge in [0.25, 0.3) is 0 Å². The zero-order valence-corrected chi connectivity index (χ0v) is 8.67. The quantitative estimate of drug-likeness (QED) is 0.552. The predicted molar refractivity (Wildman–Crippen MR) is 53.2 cm³/mol. The molecule has 0 aromatic carbocycles. The Balaban J connectivity index is 4.09. The maximum Gasteiger partial charge on any atom is 0.239 e. The van der Waals surface area contributed by atoms with Crippen LogP contribution in [0.4, 0.5) is 0 Å². The highest BCUT2D eigenvalue weighted by Gasteiger charge is 2.13. The molecule has 0 fully saturated rings. The third kappa shape index (κ3) is 4.81. The number of hydrogen-bond acceptors (Lipinski definition) is 3. The number of rotatable bonds is 6. The first kappa shape index (κ1) is 12.9. The van der Waals surface area contributed by atoms with E-state index in [-0.39, 0.29) is 18.4 Å². The molecular weight excluding hydrogens is 182 g/mol. The van der Waals surface area contributed by atoms with E-state index in [0.29, 0.717) is 19.5 Å². The molecule has 0 aromatic rings. The van der Waals surface area contributed by atoms with Gasteiger partial charge >= 0.3 is 0 Å². The maximum absolute atomic E-state index is 11.3. The van der Waals surface area contributed by atoms with Gasteiger partial charge in [0, 0.05) is 33.6 Å². The van der Waals surface area contributed by atoms with Gasteiger partial charge in [0.05, 0.1) is 6.54 Å². The lowest BCUT2D eigenvalue weighted by Gasteiger charge is -2.20. The second-order valence-corrected chi connectivity index (χ2v) is 2.80. The molecule has 0 atom stereocenters. The number of nitrogens with zero attached hydrogens (tertiary/aromatic N) is 1. The van der Waals surface area contributed by atoms with Gasteiger partial charge in [-0.2, -0.15) is 0 Å². The highest BCUT2D eigenvalue weighted by Crippen LogP contribution is 1.92. The summed E-state index contributed by atoms with van der Waals surface area (Å²) in [5.74, 6) is -0.229. The summed E-state index contributed by atoms with van der Waals surface area (Å²) < 4.78 is 0. The van der Waals surface area contributed by atoms with Crippen LogP contribution in [-0.4, -0.2) is 43.4 Å². The summed E-state index contributed by atoms with van der Waals surface area (Å²) in [4.78, 5) is 23.9. The van der Waals surface area contributed by atoms with Crippen LogP contribution in [0.3, 0.4) is 0 Å². The van der Waals surface area contributed by atoms with Crippen molar-refractivity contribution in [2.24, 2.45) is 0 Å². The normalized spacial score (nSPS) is 9.64. The highest BCUT2D eigenvalue weighted by atomic mass is 16.2. The first-order chi connectivity index (χ1) is 6.65. The predicted octanol–water partition coefficient (Wildman–Crippen LogP) is -0.771. The highest BCUT2D eigenvalue weighted by molar-refractivity contribution is 5.84. The Bertz CT molecular complexity index is 194. The molecule has 0 aliphatic carbocycles. The summed E-state index contributed by atoms with van der Waals surface area (Å²) in [6.45, 7) is 2.76. The summed E-state index contributed by atoms with van der Waals surface area (Å²) in [7, 11) is 6.63. The van der Waals surface area contributed by atoms with Gasteiger partial charge in [-0.1, -0.05) is 6.92 Å². The van der Waals surface area contributed by atoms with Crippen molar-refractivity contribution in [2.75, 3.05) is 26.7 Å². The van der Waals surface area contributed by atoms with E-state index in [9.17, 15) is 9.59 Å². The Morgan fingerprint density at radius 3 is 2.50 bits per heavy atom. The minimum Gasteiger partial charge on any atom is -0.358 e. The molecule has 0 rings (SSSR count). The lowest BCUT2D eigenvalue weighted by atomic mass is 10.3. The van der Waals surface area contributed by atoms with Crippen LogP contribution in [0.25, 0.3) is 0 Å². The monoisotopic (exact) mass is 199 g/mol. The van der Waals surface area contributed by atoms with Crippen LogP contribution in [0.1, 0.15) is 13.3 Å². The fourth-order valence-electron chi connectivity index (χ4n) is 0.967. The second-order valence-electron chi connectivity index (χ2n) is 2.80. The van der Waals surface area contributed by atoms with Crippen molar-refractivity contribution < 1.29 is 9.59 Å². The fraction of sp³-hybridized carbons (Fsp3) is 0.667. The van der Waals surface area contributed by atoms with E-state index in [4.69, 9.17) is 7.05 Å². The van der Waals surface area contributed by atoms with Gasteiger partial charge < -0.3 is 15.5 Å². The molecule has 0 aromatic heterocycles. The van der Waals surface area contributed by atoms with Crippen LogP contribution in [0.2, 0.25) is 0 Å². The van der Waals surface area contributed by atoms with Gasteiger partial charge in [-0.25, -0.2) is 0 Å². The van der Waals surface area contributed by atoms with Crippen LogP contribution in [0.15, 0.2) is 0 Å². The molecule has 0 saturated carbocycles. The maximum atomic E-state index is 11.3. The van der Waals surface area contributed by atoms with Crippen LogP contribution >= 0.6 is 0 Å². The Hall–Kier alpha value is -1.10. The molecule has 0 bridgehead atoms. The van der Waals surface area contributed by atoms with Gasteiger partial charge in [0.2, 0.25) is 11.8 Å². The summed E-state index contributed by atoms with van der Waals surface area (Å²) in [6.07, 6.45) is 0.390. The van der Waals surface area contributed by atoms with E-state index >= 15 is 0 Å². The fourth-order valence-corrected chi connectivity index (χ4v) is 0.967. The molecule has 5 nitrogen and oxygen atoms in total. The summed E-state index contributed by atoms with van der Waals surface area (Å²) in [5.41, 5.74) is 0. The third-order valence-corrected chi connectivity index (χ3v) is 1.79. The largest absolute Gasteiger partial charge is 0.358 e. The number of carbonyl (C=O) groups is 2. The number of amides is 2. The number of likely N-dealkylation sites (N-methyl/N-ethyl adjacent to an activating group) is 1. The third-order valence-electron chi connectivity index (χ3n) is 1.79. The van der Waals surface area contributed by atoms with E-state index in [1.165, 1.54) is 11.9 Å². The van der Waals surface area contributed by atoms with Crippen LogP contribution in [0.5, 0.6) is 0 Å². The average Bonchev–Trinajstić information content (AvgIpc) is 2.22. The molecule has 14 heavy (non-hydrogen) atoms. The molecule has 0 aliphatic rings. The minimum atomic E-state index is -0.177. The van der Waals surface area contributed by atoms with Crippen molar-refractivity contribution in [1.82, 2.24) is 15.5 Å².